The molecule has 5 heteroatoms. The van der Waals surface area contributed by atoms with Crippen LogP contribution in [0, 0.1) is 6.92 Å². The van der Waals surface area contributed by atoms with Crippen LogP contribution in [0.3, 0.4) is 0 Å². The summed E-state index contributed by atoms with van der Waals surface area (Å²) in [6, 6.07) is 0. The maximum absolute atomic E-state index is 4.02. The van der Waals surface area contributed by atoms with Crippen LogP contribution in [0.5, 0.6) is 0 Å². The molecule has 0 bridgehead atoms. The normalized spacial score (nSPS) is 17.5. The molecule has 1 fully saturated rings. The van der Waals surface area contributed by atoms with Crippen molar-refractivity contribution in [3.63, 3.8) is 0 Å². The molecule has 2 heterocycles. The average Bonchev–Trinajstić information content (AvgIpc) is 2.77. The van der Waals surface area contributed by atoms with Crippen LogP contribution in [-0.4, -0.2) is 41.3 Å². The van der Waals surface area contributed by atoms with Gasteiger partial charge in [-0.1, -0.05) is 11.3 Å². The first-order valence-corrected chi connectivity index (χ1v) is 5.92. The smallest absolute Gasteiger partial charge is 0.205 e. The van der Waals surface area contributed by atoms with Gasteiger partial charge < -0.3 is 10.2 Å². The van der Waals surface area contributed by atoms with Gasteiger partial charge in [0.15, 0.2) is 0 Å². The van der Waals surface area contributed by atoms with Crippen LogP contribution in [0.2, 0.25) is 0 Å². The molecule has 14 heavy (non-hydrogen) atoms. The lowest BCUT2D eigenvalue weighted by Crippen LogP contribution is -2.25. The molecule has 1 aliphatic rings. The van der Waals surface area contributed by atoms with Crippen molar-refractivity contribution in [1.82, 2.24) is 15.1 Å². The van der Waals surface area contributed by atoms with E-state index in [1.807, 2.05) is 6.92 Å². The number of rotatable bonds is 4. The Balaban J connectivity index is 1.67. The molecule has 0 amide bonds. The summed E-state index contributed by atoms with van der Waals surface area (Å²) < 4.78 is 0. The molecule has 0 saturated carbocycles. The second kappa shape index (κ2) is 4.70. The average molecular weight is 212 g/mol. The monoisotopic (exact) mass is 212 g/mol. The Labute approximate surface area is 88.3 Å². The van der Waals surface area contributed by atoms with Crippen molar-refractivity contribution in [2.75, 3.05) is 31.5 Å². The topological polar surface area (TPSA) is 41.1 Å². The molecule has 1 aliphatic heterocycles. The zero-order valence-electron chi connectivity index (χ0n) is 8.49. The third kappa shape index (κ3) is 2.65. The van der Waals surface area contributed by atoms with Crippen molar-refractivity contribution < 1.29 is 0 Å². The number of nitrogens with one attached hydrogen (secondary N) is 1. The van der Waals surface area contributed by atoms with E-state index in [4.69, 9.17) is 0 Å². The van der Waals surface area contributed by atoms with Crippen molar-refractivity contribution in [1.29, 1.82) is 0 Å². The van der Waals surface area contributed by atoms with E-state index in [1.165, 1.54) is 25.9 Å². The summed E-state index contributed by atoms with van der Waals surface area (Å²) in [6.45, 7) is 6.60. The first kappa shape index (κ1) is 9.86. The third-order valence-electron chi connectivity index (χ3n) is 2.43. The van der Waals surface area contributed by atoms with Crippen molar-refractivity contribution in [3.8, 4) is 0 Å². The molecule has 2 rings (SSSR count). The molecule has 78 valence electrons. The van der Waals surface area contributed by atoms with Crippen LogP contribution < -0.4 is 5.32 Å². The van der Waals surface area contributed by atoms with Gasteiger partial charge in [-0.3, -0.25) is 0 Å². The van der Waals surface area contributed by atoms with Crippen LogP contribution >= 0.6 is 11.3 Å². The van der Waals surface area contributed by atoms with Gasteiger partial charge in [0, 0.05) is 13.1 Å². The Morgan fingerprint density at radius 3 is 2.79 bits per heavy atom. The molecule has 0 atom stereocenters. The predicted octanol–water partition coefficient (Wildman–Crippen LogP) is 1.35. The number of hydrogen-bond acceptors (Lipinski definition) is 5. The zero-order valence-corrected chi connectivity index (χ0v) is 9.31. The minimum absolute atomic E-state index is 0.946. The Kier molecular flexibility index (Phi) is 3.31. The quantitative estimate of drug-likeness (QED) is 0.818. The van der Waals surface area contributed by atoms with E-state index in [0.29, 0.717) is 0 Å². The molecular weight excluding hydrogens is 196 g/mol. The van der Waals surface area contributed by atoms with Gasteiger partial charge in [0.05, 0.1) is 0 Å². The lowest BCUT2D eigenvalue weighted by molar-refractivity contribution is 0.352. The van der Waals surface area contributed by atoms with Crippen molar-refractivity contribution >= 4 is 16.5 Å². The molecule has 0 radical (unpaired) electrons. The van der Waals surface area contributed by atoms with Crippen molar-refractivity contribution in [2.45, 2.75) is 19.8 Å². The number of aromatic nitrogens is 2. The molecule has 0 spiro atoms. The van der Waals surface area contributed by atoms with Crippen LogP contribution in [-0.2, 0) is 0 Å². The number of likely N-dealkylation sites (tertiary alicyclic amines) is 1. The largest absolute Gasteiger partial charge is 0.359 e. The first-order chi connectivity index (χ1) is 6.84. The van der Waals surface area contributed by atoms with E-state index in [1.54, 1.807) is 11.3 Å². The second-order valence-corrected chi connectivity index (χ2v) is 4.78. The number of aryl methyl sites for hydroxylation is 1. The van der Waals surface area contributed by atoms with E-state index in [-0.39, 0.29) is 0 Å². The SMILES string of the molecule is Cc1nnc(NCCN2CCCC2)s1. The van der Waals surface area contributed by atoms with Gasteiger partial charge in [0.25, 0.3) is 0 Å². The van der Waals surface area contributed by atoms with Gasteiger partial charge in [-0.05, 0) is 32.9 Å². The van der Waals surface area contributed by atoms with E-state index < -0.39 is 0 Å². The summed E-state index contributed by atoms with van der Waals surface area (Å²) in [7, 11) is 0. The summed E-state index contributed by atoms with van der Waals surface area (Å²) in [6.07, 6.45) is 2.72. The van der Waals surface area contributed by atoms with E-state index in [9.17, 15) is 0 Å². The number of hydrogen-bond donors (Lipinski definition) is 1. The standard InChI is InChI=1S/C9H16N4S/c1-8-11-12-9(14-8)10-4-7-13-5-2-3-6-13/h2-7H2,1H3,(H,10,12). The Morgan fingerprint density at radius 1 is 1.36 bits per heavy atom. The molecule has 0 aliphatic carbocycles. The van der Waals surface area contributed by atoms with Crippen LogP contribution in [0.4, 0.5) is 5.13 Å². The summed E-state index contributed by atoms with van der Waals surface area (Å²) in [5.41, 5.74) is 0. The first-order valence-electron chi connectivity index (χ1n) is 5.11. The lowest BCUT2D eigenvalue weighted by Gasteiger charge is -2.13. The fourth-order valence-electron chi connectivity index (χ4n) is 1.70. The summed E-state index contributed by atoms with van der Waals surface area (Å²) in [4.78, 5) is 2.49. The van der Waals surface area contributed by atoms with E-state index >= 15 is 0 Å². The van der Waals surface area contributed by atoms with Crippen molar-refractivity contribution in [3.05, 3.63) is 5.01 Å². The molecule has 0 unspecified atom stereocenters. The Hall–Kier alpha value is -0.680. The second-order valence-electron chi connectivity index (χ2n) is 3.60. The third-order valence-corrected chi connectivity index (χ3v) is 3.23. The minimum atomic E-state index is 0.946. The molecule has 4 nitrogen and oxygen atoms in total. The molecule has 1 aromatic rings. The van der Waals surface area contributed by atoms with Gasteiger partial charge in [-0.2, -0.15) is 0 Å². The van der Waals surface area contributed by atoms with Crippen LogP contribution in [0.25, 0.3) is 0 Å². The van der Waals surface area contributed by atoms with E-state index in [2.05, 4.69) is 20.4 Å². The van der Waals surface area contributed by atoms with Crippen molar-refractivity contribution in [2.24, 2.45) is 0 Å². The Bertz CT molecular complexity index is 280. The fourth-order valence-corrected chi connectivity index (χ4v) is 2.31. The zero-order chi connectivity index (χ0) is 9.80. The molecular formula is C9H16N4S. The highest BCUT2D eigenvalue weighted by atomic mass is 32.1. The van der Waals surface area contributed by atoms with Gasteiger partial charge >= 0.3 is 0 Å². The molecule has 0 aromatic carbocycles. The lowest BCUT2D eigenvalue weighted by atomic mass is 10.4. The number of nitrogens with zero attached hydrogens (tertiary/aromatic N) is 3. The molecule has 1 saturated heterocycles. The predicted molar refractivity (Wildman–Crippen MR) is 58.8 cm³/mol. The fraction of sp³-hybridized carbons (Fsp3) is 0.778. The Morgan fingerprint density at radius 2 is 2.14 bits per heavy atom. The van der Waals surface area contributed by atoms with E-state index in [0.717, 1.165) is 23.2 Å². The highest BCUT2D eigenvalue weighted by molar-refractivity contribution is 7.15. The minimum Gasteiger partial charge on any atom is -0.359 e. The highest BCUT2D eigenvalue weighted by Crippen LogP contribution is 2.13. The molecule has 1 aromatic heterocycles. The van der Waals surface area contributed by atoms with Gasteiger partial charge in [0.2, 0.25) is 5.13 Å². The van der Waals surface area contributed by atoms with Gasteiger partial charge in [-0.15, -0.1) is 10.2 Å². The maximum Gasteiger partial charge on any atom is 0.205 e. The highest BCUT2D eigenvalue weighted by Gasteiger charge is 2.10. The maximum atomic E-state index is 4.02. The number of anilines is 1. The summed E-state index contributed by atoms with van der Waals surface area (Å²) in [5, 5.41) is 13.2. The summed E-state index contributed by atoms with van der Waals surface area (Å²) in [5.74, 6) is 0. The van der Waals surface area contributed by atoms with Crippen LogP contribution in [0.1, 0.15) is 17.8 Å². The van der Waals surface area contributed by atoms with Gasteiger partial charge in [-0.25, -0.2) is 0 Å². The molecule has 1 N–H and O–H groups in total. The van der Waals surface area contributed by atoms with Gasteiger partial charge in [0.1, 0.15) is 5.01 Å². The van der Waals surface area contributed by atoms with Crippen LogP contribution in [0.15, 0.2) is 0 Å². The summed E-state index contributed by atoms with van der Waals surface area (Å²) >= 11 is 1.62.